The molecule has 4 heteroatoms. The summed E-state index contributed by atoms with van der Waals surface area (Å²) >= 11 is 3.48. The molecule has 0 atom stereocenters. The second kappa shape index (κ2) is 5.51. The van der Waals surface area contributed by atoms with Crippen molar-refractivity contribution >= 4 is 15.9 Å². The minimum Gasteiger partial charge on any atom is -0.314 e. The van der Waals surface area contributed by atoms with E-state index in [1.807, 2.05) is 6.07 Å². The normalized spacial score (nSPS) is 23.1. The molecule has 1 aromatic carbocycles. The Morgan fingerprint density at radius 1 is 1.26 bits per heavy atom. The smallest absolute Gasteiger partial charge is 0.127 e. The summed E-state index contributed by atoms with van der Waals surface area (Å²) in [6, 6.07) is 5.37. The summed E-state index contributed by atoms with van der Waals surface area (Å²) in [6.45, 7) is 5.27. The van der Waals surface area contributed by atoms with Gasteiger partial charge in [-0.2, -0.15) is 0 Å². The van der Waals surface area contributed by atoms with Crippen LogP contribution in [0.2, 0.25) is 0 Å². The summed E-state index contributed by atoms with van der Waals surface area (Å²) < 4.78 is 15.2. The van der Waals surface area contributed by atoms with Crippen LogP contribution in [0.4, 0.5) is 4.39 Å². The number of nitrogens with zero attached hydrogens (tertiary/aromatic N) is 1. The molecule has 1 saturated heterocycles. The fraction of sp³-hybridized carbons (Fsp3) is 0.600. The van der Waals surface area contributed by atoms with Gasteiger partial charge in [-0.15, -0.1) is 0 Å². The lowest BCUT2D eigenvalue weighted by atomic mass is 9.64. The molecule has 1 saturated carbocycles. The van der Waals surface area contributed by atoms with Crippen LogP contribution in [0.3, 0.4) is 0 Å². The van der Waals surface area contributed by atoms with E-state index in [4.69, 9.17) is 0 Å². The van der Waals surface area contributed by atoms with Crippen molar-refractivity contribution in [2.75, 3.05) is 32.7 Å². The molecule has 0 bridgehead atoms. The van der Waals surface area contributed by atoms with Crippen molar-refractivity contribution in [2.45, 2.75) is 24.7 Å². The van der Waals surface area contributed by atoms with Gasteiger partial charge in [0, 0.05) is 42.6 Å². The van der Waals surface area contributed by atoms with E-state index in [1.165, 1.54) is 6.42 Å². The molecule has 0 unspecified atom stereocenters. The van der Waals surface area contributed by atoms with Crippen molar-refractivity contribution in [3.8, 4) is 0 Å². The summed E-state index contributed by atoms with van der Waals surface area (Å²) in [5.41, 5.74) is 0.956. The molecule has 3 rings (SSSR count). The summed E-state index contributed by atoms with van der Waals surface area (Å²) in [4.78, 5) is 2.48. The highest BCUT2D eigenvalue weighted by molar-refractivity contribution is 9.10. The maximum atomic E-state index is 14.2. The summed E-state index contributed by atoms with van der Waals surface area (Å²) in [6.07, 6.45) is 3.45. The van der Waals surface area contributed by atoms with Gasteiger partial charge < -0.3 is 5.32 Å². The third-order valence-corrected chi connectivity index (χ3v) is 5.04. The molecule has 1 aliphatic heterocycles. The number of nitrogens with one attached hydrogen (secondary N) is 1. The summed E-state index contributed by atoms with van der Waals surface area (Å²) in [5, 5.41) is 3.37. The van der Waals surface area contributed by atoms with Crippen LogP contribution in [0, 0.1) is 5.82 Å². The molecule has 19 heavy (non-hydrogen) atoms. The van der Waals surface area contributed by atoms with E-state index in [-0.39, 0.29) is 11.2 Å². The Kier molecular flexibility index (Phi) is 3.92. The highest BCUT2D eigenvalue weighted by atomic mass is 79.9. The molecule has 0 aromatic heterocycles. The third-order valence-electron chi connectivity index (χ3n) is 4.55. The van der Waals surface area contributed by atoms with E-state index in [0.717, 1.165) is 55.6 Å². The Bertz CT molecular complexity index is 453. The molecular formula is C15H20BrFN2. The number of hydrogen-bond acceptors (Lipinski definition) is 2. The van der Waals surface area contributed by atoms with Crippen LogP contribution in [0.5, 0.6) is 0 Å². The second-order valence-electron chi connectivity index (χ2n) is 5.78. The van der Waals surface area contributed by atoms with Crippen molar-refractivity contribution in [1.29, 1.82) is 0 Å². The monoisotopic (exact) mass is 326 g/mol. The number of piperazine rings is 1. The zero-order valence-corrected chi connectivity index (χ0v) is 12.7. The summed E-state index contributed by atoms with van der Waals surface area (Å²) in [5.74, 6) is -0.0435. The first-order chi connectivity index (χ1) is 9.20. The maximum Gasteiger partial charge on any atom is 0.127 e. The molecule has 2 aliphatic rings. The van der Waals surface area contributed by atoms with Crippen molar-refractivity contribution in [3.63, 3.8) is 0 Å². The van der Waals surface area contributed by atoms with Crippen LogP contribution in [0.15, 0.2) is 22.7 Å². The molecule has 104 valence electrons. The number of hydrogen-bond donors (Lipinski definition) is 1. The zero-order chi connectivity index (χ0) is 13.3. The minimum atomic E-state index is -0.0435. The SMILES string of the molecule is Fc1ccc(Br)cc1C1(CN2CCNCC2)CCC1. The van der Waals surface area contributed by atoms with Gasteiger partial charge in [0.1, 0.15) is 5.82 Å². The standard InChI is InChI=1S/C15H20BrFN2/c16-12-2-3-14(17)13(10-12)15(4-1-5-15)11-19-8-6-18-7-9-19/h2-3,10,18H,1,4-9,11H2. The number of halogens is 2. The Morgan fingerprint density at radius 3 is 2.63 bits per heavy atom. The Labute approximate surface area is 122 Å². The van der Waals surface area contributed by atoms with Crippen molar-refractivity contribution in [3.05, 3.63) is 34.1 Å². The molecular weight excluding hydrogens is 307 g/mol. The molecule has 0 amide bonds. The van der Waals surface area contributed by atoms with Gasteiger partial charge in [0.2, 0.25) is 0 Å². The molecule has 1 N–H and O–H groups in total. The van der Waals surface area contributed by atoms with Crippen molar-refractivity contribution < 1.29 is 4.39 Å². The first kappa shape index (κ1) is 13.5. The molecule has 1 aliphatic carbocycles. The highest BCUT2D eigenvalue weighted by Crippen LogP contribution is 2.46. The van der Waals surface area contributed by atoms with Crippen LogP contribution < -0.4 is 5.32 Å². The molecule has 2 nitrogen and oxygen atoms in total. The lowest BCUT2D eigenvalue weighted by Crippen LogP contribution is -2.52. The van der Waals surface area contributed by atoms with Gasteiger partial charge in [0.05, 0.1) is 0 Å². The van der Waals surface area contributed by atoms with Crippen LogP contribution >= 0.6 is 15.9 Å². The first-order valence-corrected chi connectivity index (χ1v) is 7.88. The lowest BCUT2D eigenvalue weighted by Gasteiger charge is -2.46. The van der Waals surface area contributed by atoms with Crippen LogP contribution in [-0.4, -0.2) is 37.6 Å². The molecule has 1 aromatic rings. The zero-order valence-electron chi connectivity index (χ0n) is 11.1. The van der Waals surface area contributed by atoms with Gasteiger partial charge in [-0.3, -0.25) is 4.90 Å². The Morgan fingerprint density at radius 2 is 2.00 bits per heavy atom. The molecule has 2 fully saturated rings. The van der Waals surface area contributed by atoms with Gasteiger partial charge in [-0.25, -0.2) is 4.39 Å². The Hall–Kier alpha value is -0.450. The summed E-state index contributed by atoms with van der Waals surface area (Å²) in [7, 11) is 0. The van der Waals surface area contributed by atoms with Crippen LogP contribution in [0.25, 0.3) is 0 Å². The highest BCUT2D eigenvalue weighted by Gasteiger charge is 2.42. The molecule has 0 spiro atoms. The average Bonchev–Trinajstić information content (AvgIpc) is 2.38. The quantitative estimate of drug-likeness (QED) is 0.918. The van der Waals surface area contributed by atoms with E-state index in [9.17, 15) is 4.39 Å². The van der Waals surface area contributed by atoms with Crippen molar-refractivity contribution in [2.24, 2.45) is 0 Å². The Balaban J connectivity index is 1.83. The third kappa shape index (κ3) is 2.71. The van der Waals surface area contributed by atoms with Crippen LogP contribution in [-0.2, 0) is 5.41 Å². The minimum absolute atomic E-state index is 0.0435. The van der Waals surface area contributed by atoms with Gasteiger partial charge in [0.15, 0.2) is 0 Å². The topological polar surface area (TPSA) is 15.3 Å². The predicted octanol–water partition coefficient (Wildman–Crippen LogP) is 2.92. The largest absolute Gasteiger partial charge is 0.314 e. The van der Waals surface area contributed by atoms with Gasteiger partial charge in [0.25, 0.3) is 0 Å². The first-order valence-electron chi connectivity index (χ1n) is 7.08. The second-order valence-corrected chi connectivity index (χ2v) is 6.70. The number of rotatable bonds is 3. The molecule has 0 radical (unpaired) electrons. The van der Waals surface area contributed by atoms with E-state index in [2.05, 4.69) is 26.1 Å². The average molecular weight is 327 g/mol. The lowest BCUT2D eigenvalue weighted by molar-refractivity contribution is 0.125. The van der Waals surface area contributed by atoms with Gasteiger partial charge in [-0.1, -0.05) is 22.4 Å². The van der Waals surface area contributed by atoms with Crippen molar-refractivity contribution in [1.82, 2.24) is 10.2 Å². The van der Waals surface area contributed by atoms with Gasteiger partial charge >= 0.3 is 0 Å². The van der Waals surface area contributed by atoms with E-state index in [1.54, 1.807) is 12.1 Å². The fourth-order valence-corrected chi connectivity index (χ4v) is 3.68. The molecule has 1 heterocycles. The number of benzene rings is 1. The fourth-order valence-electron chi connectivity index (χ4n) is 3.32. The van der Waals surface area contributed by atoms with E-state index < -0.39 is 0 Å². The van der Waals surface area contributed by atoms with Crippen LogP contribution in [0.1, 0.15) is 24.8 Å². The van der Waals surface area contributed by atoms with E-state index >= 15 is 0 Å². The predicted molar refractivity (Wildman–Crippen MR) is 78.9 cm³/mol. The maximum absolute atomic E-state index is 14.2. The van der Waals surface area contributed by atoms with Gasteiger partial charge in [-0.05, 0) is 36.6 Å². The van der Waals surface area contributed by atoms with E-state index in [0.29, 0.717) is 0 Å².